The molecule has 0 saturated heterocycles. The molecule has 4 rings (SSSR count). The van der Waals surface area contributed by atoms with Gasteiger partial charge in [-0.2, -0.15) is 0 Å². The Morgan fingerprint density at radius 2 is 1.94 bits per heavy atom. The van der Waals surface area contributed by atoms with Crippen molar-refractivity contribution in [3.63, 3.8) is 0 Å². The van der Waals surface area contributed by atoms with Gasteiger partial charge in [0.25, 0.3) is 0 Å². The van der Waals surface area contributed by atoms with Crippen LogP contribution in [0.5, 0.6) is 0 Å². The highest BCUT2D eigenvalue weighted by Gasteiger charge is 2.50. The molecule has 3 aliphatic rings. The first-order valence-electron chi connectivity index (χ1n) is 6.67. The SMILES string of the molecule is CO[C@@H]1c2ccccc2C[C@@H]2[C@H]1[C@@H]1C=C[C@H]2C1. The van der Waals surface area contributed by atoms with Gasteiger partial charge in [-0.15, -0.1) is 0 Å². The van der Waals surface area contributed by atoms with Crippen molar-refractivity contribution in [2.45, 2.75) is 18.9 Å². The minimum absolute atomic E-state index is 0.324. The van der Waals surface area contributed by atoms with Crippen molar-refractivity contribution in [3.05, 3.63) is 47.5 Å². The van der Waals surface area contributed by atoms with Gasteiger partial charge in [-0.1, -0.05) is 36.4 Å². The molecule has 0 unspecified atom stereocenters. The van der Waals surface area contributed by atoms with Gasteiger partial charge in [-0.3, -0.25) is 0 Å². The summed E-state index contributed by atoms with van der Waals surface area (Å²) in [6.07, 6.45) is 7.83. The number of rotatable bonds is 1. The van der Waals surface area contributed by atoms with Crippen LogP contribution in [0.2, 0.25) is 0 Å². The first kappa shape index (κ1) is 9.90. The maximum Gasteiger partial charge on any atom is 0.0860 e. The van der Waals surface area contributed by atoms with E-state index in [1.165, 1.54) is 24.0 Å². The number of ether oxygens (including phenoxy) is 1. The number of benzene rings is 1. The molecule has 2 bridgehead atoms. The zero-order valence-corrected chi connectivity index (χ0v) is 10.2. The summed E-state index contributed by atoms with van der Waals surface area (Å²) < 4.78 is 5.85. The van der Waals surface area contributed by atoms with E-state index in [4.69, 9.17) is 4.74 Å². The average Bonchev–Trinajstić information content (AvgIpc) is 2.97. The maximum atomic E-state index is 5.85. The van der Waals surface area contributed by atoms with Crippen molar-refractivity contribution in [2.24, 2.45) is 23.7 Å². The molecule has 0 amide bonds. The molecule has 5 atom stereocenters. The summed E-state index contributed by atoms with van der Waals surface area (Å²) in [5, 5.41) is 0. The quantitative estimate of drug-likeness (QED) is 0.667. The molecule has 1 aromatic rings. The molecule has 0 radical (unpaired) electrons. The predicted octanol–water partition coefficient (Wildman–Crippen LogP) is 3.37. The van der Waals surface area contributed by atoms with Crippen LogP contribution in [-0.2, 0) is 11.2 Å². The summed E-state index contributed by atoms with van der Waals surface area (Å²) in [7, 11) is 1.87. The molecule has 0 spiro atoms. The monoisotopic (exact) mass is 226 g/mol. The molecular formula is C16H18O. The Morgan fingerprint density at radius 3 is 2.82 bits per heavy atom. The largest absolute Gasteiger partial charge is 0.376 e. The van der Waals surface area contributed by atoms with Crippen molar-refractivity contribution < 1.29 is 4.74 Å². The highest BCUT2D eigenvalue weighted by atomic mass is 16.5. The highest BCUT2D eigenvalue weighted by Crippen LogP contribution is 2.57. The fourth-order valence-electron chi connectivity index (χ4n) is 4.44. The number of hydrogen-bond donors (Lipinski definition) is 0. The normalized spacial score (nSPS) is 41.4. The van der Waals surface area contributed by atoms with Crippen molar-refractivity contribution in [1.82, 2.24) is 0 Å². The number of allylic oxidation sites excluding steroid dienone is 2. The van der Waals surface area contributed by atoms with Crippen LogP contribution in [0.1, 0.15) is 23.7 Å². The molecule has 3 aliphatic carbocycles. The lowest BCUT2D eigenvalue weighted by molar-refractivity contribution is 0.00982. The van der Waals surface area contributed by atoms with Crippen LogP contribution in [0, 0.1) is 23.7 Å². The molecule has 0 aromatic heterocycles. The Morgan fingerprint density at radius 1 is 1.12 bits per heavy atom. The van der Waals surface area contributed by atoms with Crippen molar-refractivity contribution >= 4 is 0 Å². The molecule has 17 heavy (non-hydrogen) atoms. The van der Waals surface area contributed by atoms with E-state index in [0.29, 0.717) is 6.10 Å². The van der Waals surface area contributed by atoms with Gasteiger partial charge < -0.3 is 4.74 Å². The zero-order chi connectivity index (χ0) is 11.4. The van der Waals surface area contributed by atoms with Crippen LogP contribution >= 0.6 is 0 Å². The van der Waals surface area contributed by atoms with Crippen LogP contribution in [0.25, 0.3) is 0 Å². The van der Waals surface area contributed by atoms with Gasteiger partial charge in [-0.25, -0.2) is 0 Å². The smallest absolute Gasteiger partial charge is 0.0860 e. The molecule has 0 N–H and O–H groups in total. The first-order chi connectivity index (χ1) is 8.38. The second kappa shape index (κ2) is 3.46. The van der Waals surface area contributed by atoms with Crippen LogP contribution in [0.15, 0.2) is 36.4 Å². The van der Waals surface area contributed by atoms with Gasteiger partial charge in [0, 0.05) is 7.11 Å². The predicted molar refractivity (Wildman–Crippen MR) is 67.6 cm³/mol. The molecular weight excluding hydrogens is 208 g/mol. The molecule has 1 fully saturated rings. The molecule has 1 saturated carbocycles. The van der Waals surface area contributed by atoms with Crippen molar-refractivity contribution in [3.8, 4) is 0 Å². The summed E-state index contributed by atoms with van der Waals surface area (Å²) in [5.74, 6) is 3.13. The molecule has 88 valence electrons. The molecule has 1 heteroatoms. The van der Waals surface area contributed by atoms with E-state index in [1.807, 2.05) is 7.11 Å². The highest BCUT2D eigenvalue weighted by molar-refractivity contribution is 5.36. The number of methoxy groups -OCH3 is 1. The third-order valence-electron chi connectivity index (χ3n) is 5.11. The summed E-state index contributed by atoms with van der Waals surface area (Å²) in [6.45, 7) is 0. The molecule has 0 aliphatic heterocycles. The van der Waals surface area contributed by atoms with E-state index in [-0.39, 0.29) is 0 Å². The third-order valence-corrected chi connectivity index (χ3v) is 5.11. The second-order valence-electron chi connectivity index (χ2n) is 5.75. The molecule has 1 aromatic carbocycles. The van der Waals surface area contributed by atoms with Crippen molar-refractivity contribution in [1.29, 1.82) is 0 Å². The van der Waals surface area contributed by atoms with Gasteiger partial charge >= 0.3 is 0 Å². The number of hydrogen-bond acceptors (Lipinski definition) is 1. The van der Waals surface area contributed by atoms with Gasteiger partial charge in [0.1, 0.15) is 0 Å². The van der Waals surface area contributed by atoms with Crippen LogP contribution in [0.3, 0.4) is 0 Å². The molecule has 0 heterocycles. The maximum absolute atomic E-state index is 5.85. The Bertz CT molecular complexity index is 476. The summed E-state index contributed by atoms with van der Waals surface area (Å²) in [6, 6.07) is 8.85. The average molecular weight is 226 g/mol. The van der Waals surface area contributed by atoms with Crippen LogP contribution in [0.4, 0.5) is 0 Å². The van der Waals surface area contributed by atoms with E-state index in [2.05, 4.69) is 36.4 Å². The second-order valence-corrected chi connectivity index (χ2v) is 5.75. The van der Waals surface area contributed by atoms with Gasteiger partial charge in [0.2, 0.25) is 0 Å². The summed E-state index contributed by atoms with van der Waals surface area (Å²) in [4.78, 5) is 0. The minimum Gasteiger partial charge on any atom is -0.376 e. The van der Waals surface area contributed by atoms with Gasteiger partial charge in [0.05, 0.1) is 6.10 Å². The third kappa shape index (κ3) is 1.23. The lowest BCUT2D eigenvalue weighted by Gasteiger charge is -2.39. The Labute approximate surface area is 102 Å². The lowest BCUT2D eigenvalue weighted by atomic mass is 9.69. The summed E-state index contributed by atoms with van der Waals surface area (Å²) in [5.41, 5.74) is 2.96. The Hall–Kier alpha value is -1.08. The Kier molecular flexibility index (Phi) is 2.01. The van der Waals surface area contributed by atoms with Crippen LogP contribution in [-0.4, -0.2) is 7.11 Å². The van der Waals surface area contributed by atoms with E-state index < -0.39 is 0 Å². The number of fused-ring (bicyclic) bond motifs is 6. The fraction of sp³-hybridized carbons (Fsp3) is 0.500. The van der Waals surface area contributed by atoms with Gasteiger partial charge in [-0.05, 0) is 47.6 Å². The first-order valence-corrected chi connectivity index (χ1v) is 6.67. The zero-order valence-electron chi connectivity index (χ0n) is 10.2. The fourth-order valence-corrected chi connectivity index (χ4v) is 4.44. The minimum atomic E-state index is 0.324. The molecule has 1 nitrogen and oxygen atoms in total. The van der Waals surface area contributed by atoms with E-state index in [9.17, 15) is 0 Å². The van der Waals surface area contributed by atoms with E-state index in [0.717, 1.165) is 23.7 Å². The van der Waals surface area contributed by atoms with Gasteiger partial charge in [0.15, 0.2) is 0 Å². The lowest BCUT2D eigenvalue weighted by Crippen LogP contribution is -2.33. The summed E-state index contributed by atoms with van der Waals surface area (Å²) >= 11 is 0. The standard InChI is InChI=1S/C16H18O/c1-17-16-13-5-3-2-4-10(13)9-14-11-6-7-12(8-11)15(14)16/h2-7,11-12,14-16H,8-9H2,1H3/t11-,12+,14-,15+,16+/m0/s1. The van der Waals surface area contributed by atoms with Crippen LogP contribution < -0.4 is 0 Å². The van der Waals surface area contributed by atoms with Crippen molar-refractivity contribution in [2.75, 3.05) is 7.11 Å². The van der Waals surface area contributed by atoms with E-state index in [1.54, 1.807) is 0 Å². The van der Waals surface area contributed by atoms with E-state index >= 15 is 0 Å². The topological polar surface area (TPSA) is 9.23 Å². The Balaban J connectivity index is 1.83.